The van der Waals surface area contributed by atoms with Crippen molar-refractivity contribution in [2.24, 2.45) is 0 Å². The van der Waals surface area contributed by atoms with Crippen molar-refractivity contribution < 1.29 is 14.3 Å². The van der Waals surface area contributed by atoms with Gasteiger partial charge < -0.3 is 19.3 Å². The second kappa shape index (κ2) is 7.40. The Hall–Kier alpha value is -2.87. The van der Waals surface area contributed by atoms with E-state index in [-0.39, 0.29) is 5.91 Å². The number of hydrogen-bond donors (Lipinski definition) is 0. The number of ether oxygens (including phenoxy) is 2. The molecule has 142 valence electrons. The van der Waals surface area contributed by atoms with E-state index < -0.39 is 0 Å². The van der Waals surface area contributed by atoms with Crippen molar-refractivity contribution >= 4 is 11.9 Å². The monoisotopic (exact) mass is 369 g/mol. The molecule has 0 radical (unpaired) electrons. The highest BCUT2D eigenvalue weighted by molar-refractivity contribution is 5.93. The predicted octanol–water partition coefficient (Wildman–Crippen LogP) is 1.23. The molecule has 4 rings (SSSR count). The molecule has 27 heavy (non-hydrogen) atoms. The van der Waals surface area contributed by atoms with Gasteiger partial charge in [0.2, 0.25) is 12.7 Å². The Bertz CT molecular complexity index is 817. The Kier molecular flexibility index (Phi) is 4.81. The minimum absolute atomic E-state index is 0.0879. The van der Waals surface area contributed by atoms with Crippen molar-refractivity contribution in [2.45, 2.75) is 6.54 Å². The number of hydrogen-bond acceptors (Lipinski definition) is 7. The van der Waals surface area contributed by atoms with Gasteiger partial charge in [0.1, 0.15) is 0 Å². The van der Waals surface area contributed by atoms with Crippen molar-refractivity contribution in [3.05, 3.63) is 41.7 Å². The van der Waals surface area contributed by atoms with E-state index in [0.29, 0.717) is 18.3 Å². The van der Waals surface area contributed by atoms with Crippen LogP contribution < -0.4 is 14.4 Å². The molecule has 1 amide bonds. The molecule has 0 atom stereocenters. The van der Waals surface area contributed by atoms with Gasteiger partial charge in [-0.2, -0.15) is 0 Å². The number of benzene rings is 1. The molecular formula is C19H23N5O3. The van der Waals surface area contributed by atoms with Crippen LogP contribution in [0.2, 0.25) is 0 Å². The molecule has 1 fully saturated rings. The van der Waals surface area contributed by atoms with Crippen LogP contribution in [0.15, 0.2) is 30.6 Å². The fraction of sp³-hybridized carbons (Fsp3) is 0.421. The van der Waals surface area contributed by atoms with E-state index in [0.717, 1.165) is 44.2 Å². The van der Waals surface area contributed by atoms with Gasteiger partial charge in [-0.15, -0.1) is 0 Å². The molecule has 1 saturated heterocycles. The highest BCUT2D eigenvalue weighted by Crippen LogP contribution is 2.32. The number of fused-ring (bicyclic) bond motifs is 1. The third-order valence-electron chi connectivity index (χ3n) is 4.79. The molecule has 0 aliphatic carbocycles. The van der Waals surface area contributed by atoms with E-state index >= 15 is 0 Å². The van der Waals surface area contributed by atoms with Crippen LogP contribution in [0, 0.1) is 0 Å². The highest BCUT2D eigenvalue weighted by Gasteiger charge is 2.21. The largest absolute Gasteiger partial charge is 0.454 e. The molecule has 0 bridgehead atoms. The van der Waals surface area contributed by atoms with Gasteiger partial charge in [0, 0.05) is 59.2 Å². The lowest BCUT2D eigenvalue weighted by molar-refractivity contribution is 0.0827. The second-order valence-corrected chi connectivity index (χ2v) is 6.92. The Morgan fingerprint density at radius 1 is 1.07 bits per heavy atom. The topological polar surface area (TPSA) is 71.0 Å². The van der Waals surface area contributed by atoms with Crippen LogP contribution >= 0.6 is 0 Å². The average Bonchev–Trinajstić information content (AvgIpc) is 3.16. The molecule has 2 aliphatic rings. The molecule has 0 saturated carbocycles. The minimum Gasteiger partial charge on any atom is -0.454 e. The molecule has 2 aromatic rings. The normalized spacial score (nSPS) is 16.4. The van der Waals surface area contributed by atoms with Crippen molar-refractivity contribution in [3.63, 3.8) is 0 Å². The summed E-state index contributed by atoms with van der Waals surface area (Å²) in [5.41, 5.74) is 1.72. The minimum atomic E-state index is -0.0879. The van der Waals surface area contributed by atoms with E-state index in [2.05, 4.69) is 31.9 Å². The maximum atomic E-state index is 11.9. The van der Waals surface area contributed by atoms with E-state index in [1.54, 1.807) is 26.5 Å². The summed E-state index contributed by atoms with van der Waals surface area (Å²) < 4.78 is 10.8. The zero-order valence-electron chi connectivity index (χ0n) is 15.6. The highest BCUT2D eigenvalue weighted by atomic mass is 16.7. The summed E-state index contributed by atoms with van der Waals surface area (Å²) in [6.45, 7) is 4.74. The smallest absolute Gasteiger partial charge is 0.256 e. The van der Waals surface area contributed by atoms with Crippen LogP contribution in [-0.4, -0.2) is 72.7 Å². The third kappa shape index (κ3) is 3.80. The fourth-order valence-electron chi connectivity index (χ4n) is 3.26. The molecule has 0 N–H and O–H groups in total. The molecule has 2 aliphatic heterocycles. The van der Waals surface area contributed by atoms with Crippen LogP contribution in [0.25, 0.3) is 0 Å². The van der Waals surface area contributed by atoms with Crippen molar-refractivity contribution in [1.82, 2.24) is 19.8 Å². The number of amides is 1. The number of anilines is 1. The van der Waals surface area contributed by atoms with E-state index in [1.807, 2.05) is 6.07 Å². The van der Waals surface area contributed by atoms with E-state index in [4.69, 9.17) is 9.47 Å². The maximum Gasteiger partial charge on any atom is 0.256 e. The number of rotatable bonds is 4. The fourth-order valence-corrected chi connectivity index (χ4v) is 3.26. The van der Waals surface area contributed by atoms with Crippen molar-refractivity contribution in [3.8, 4) is 11.5 Å². The van der Waals surface area contributed by atoms with Gasteiger partial charge in [-0.25, -0.2) is 9.97 Å². The van der Waals surface area contributed by atoms with Gasteiger partial charge in [-0.05, 0) is 17.7 Å². The summed E-state index contributed by atoms with van der Waals surface area (Å²) in [5.74, 6) is 2.23. The second-order valence-electron chi connectivity index (χ2n) is 6.92. The van der Waals surface area contributed by atoms with Crippen LogP contribution in [0.1, 0.15) is 15.9 Å². The van der Waals surface area contributed by atoms with Crippen LogP contribution in [0.3, 0.4) is 0 Å². The number of piperazine rings is 1. The SMILES string of the molecule is CN(C)C(=O)c1cnc(N2CCN(Cc3ccc4c(c3)OCO4)CC2)nc1. The molecule has 0 spiro atoms. The first-order chi connectivity index (χ1) is 13.1. The number of aromatic nitrogens is 2. The number of nitrogens with zero attached hydrogens (tertiary/aromatic N) is 5. The lowest BCUT2D eigenvalue weighted by Crippen LogP contribution is -2.46. The maximum absolute atomic E-state index is 11.9. The van der Waals surface area contributed by atoms with Gasteiger partial charge in [0.15, 0.2) is 11.5 Å². The molecular weight excluding hydrogens is 346 g/mol. The Labute approximate surface area is 158 Å². The van der Waals surface area contributed by atoms with Gasteiger partial charge >= 0.3 is 0 Å². The Morgan fingerprint density at radius 3 is 2.48 bits per heavy atom. The summed E-state index contributed by atoms with van der Waals surface area (Å²) >= 11 is 0. The first kappa shape index (κ1) is 17.5. The zero-order valence-corrected chi connectivity index (χ0v) is 15.6. The Balaban J connectivity index is 1.33. The van der Waals surface area contributed by atoms with E-state index in [9.17, 15) is 4.79 Å². The molecule has 3 heterocycles. The average molecular weight is 369 g/mol. The van der Waals surface area contributed by atoms with E-state index in [1.165, 1.54) is 10.5 Å². The molecule has 1 aromatic heterocycles. The first-order valence-corrected chi connectivity index (χ1v) is 9.00. The summed E-state index contributed by atoms with van der Waals surface area (Å²) in [7, 11) is 3.44. The quantitative estimate of drug-likeness (QED) is 0.803. The van der Waals surface area contributed by atoms with Crippen LogP contribution in [-0.2, 0) is 6.54 Å². The molecule has 1 aromatic carbocycles. The van der Waals surface area contributed by atoms with Crippen molar-refractivity contribution in [2.75, 3.05) is 52.0 Å². The molecule has 8 heteroatoms. The first-order valence-electron chi connectivity index (χ1n) is 9.00. The van der Waals surface area contributed by atoms with Crippen LogP contribution in [0.4, 0.5) is 5.95 Å². The van der Waals surface area contributed by atoms with Crippen molar-refractivity contribution in [1.29, 1.82) is 0 Å². The lowest BCUT2D eigenvalue weighted by Gasteiger charge is -2.34. The van der Waals surface area contributed by atoms with Crippen LogP contribution in [0.5, 0.6) is 11.5 Å². The zero-order chi connectivity index (χ0) is 18.8. The predicted molar refractivity (Wildman–Crippen MR) is 100 cm³/mol. The standard InChI is InChI=1S/C19H23N5O3/c1-22(2)18(25)15-10-20-19(21-11-15)24-7-5-23(6-8-24)12-14-3-4-16-17(9-14)27-13-26-16/h3-4,9-11H,5-8,12-13H2,1-2H3. The molecule has 8 nitrogen and oxygen atoms in total. The third-order valence-corrected chi connectivity index (χ3v) is 4.79. The number of carbonyl (C=O) groups excluding carboxylic acids is 1. The summed E-state index contributed by atoms with van der Waals surface area (Å²) in [4.78, 5) is 26.7. The lowest BCUT2D eigenvalue weighted by atomic mass is 10.1. The Morgan fingerprint density at radius 2 is 1.78 bits per heavy atom. The summed E-state index contributed by atoms with van der Waals surface area (Å²) in [6.07, 6.45) is 3.20. The summed E-state index contributed by atoms with van der Waals surface area (Å²) in [5, 5.41) is 0. The number of carbonyl (C=O) groups is 1. The van der Waals surface area contributed by atoms with Gasteiger partial charge in [0.25, 0.3) is 5.91 Å². The van der Waals surface area contributed by atoms with Gasteiger partial charge in [-0.3, -0.25) is 9.69 Å². The van der Waals surface area contributed by atoms with Gasteiger partial charge in [0.05, 0.1) is 5.56 Å². The van der Waals surface area contributed by atoms with Gasteiger partial charge in [-0.1, -0.05) is 6.07 Å². The molecule has 0 unspecified atom stereocenters. The summed E-state index contributed by atoms with van der Waals surface area (Å²) in [6, 6.07) is 6.11.